The van der Waals surface area contributed by atoms with Crippen molar-refractivity contribution in [3.05, 3.63) is 71.8 Å². The van der Waals surface area contributed by atoms with E-state index in [9.17, 15) is 4.79 Å². The van der Waals surface area contributed by atoms with Crippen molar-refractivity contribution in [1.82, 2.24) is 10.2 Å². The molecule has 0 aliphatic carbocycles. The van der Waals surface area contributed by atoms with E-state index in [1.807, 2.05) is 60.7 Å². The fourth-order valence-electron chi connectivity index (χ4n) is 2.85. The summed E-state index contributed by atoms with van der Waals surface area (Å²) in [6, 6.07) is 19.9. The minimum absolute atomic E-state index is 0.0630. The third-order valence-corrected chi connectivity index (χ3v) is 3.83. The van der Waals surface area contributed by atoms with Gasteiger partial charge in [0, 0.05) is 13.1 Å². The van der Waals surface area contributed by atoms with E-state index in [1.54, 1.807) is 0 Å². The number of carbonyl (C=O) groups is 1. The first-order valence-corrected chi connectivity index (χ1v) is 8.10. The molecule has 0 spiro atoms. The van der Waals surface area contributed by atoms with E-state index in [2.05, 4.69) is 31.2 Å². The summed E-state index contributed by atoms with van der Waals surface area (Å²) < 4.78 is 0. The van der Waals surface area contributed by atoms with Crippen LogP contribution in [-0.4, -0.2) is 38.0 Å². The van der Waals surface area contributed by atoms with Gasteiger partial charge in [0.1, 0.15) is 0 Å². The van der Waals surface area contributed by atoms with Gasteiger partial charge in [-0.25, -0.2) is 0 Å². The Morgan fingerprint density at radius 1 is 0.957 bits per heavy atom. The summed E-state index contributed by atoms with van der Waals surface area (Å²) in [5.41, 5.74) is 2.05. The molecule has 0 unspecified atom stereocenters. The fraction of sp³-hybridized carbons (Fsp3) is 0.350. The Morgan fingerprint density at radius 3 is 1.87 bits per heavy atom. The van der Waals surface area contributed by atoms with Crippen molar-refractivity contribution in [2.24, 2.45) is 5.92 Å². The van der Waals surface area contributed by atoms with Gasteiger partial charge in [-0.05, 0) is 31.1 Å². The molecule has 0 saturated carbocycles. The summed E-state index contributed by atoms with van der Waals surface area (Å²) >= 11 is 0. The van der Waals surface area contributed by atoms with E-state index in [0.29, 0.717) is 12.5 Å². The third kappa shape index (κ3) is 5.22. The van der Waals surface area contributed by atoms with Gasteiger partial charge in [0.15, 0.2) is 0 Å². The van der Waals surface area contributed by atoms with E-state index < -0.39 is 0 Å². The second kappa shape index (κ2) is 8.49. The fourth-order valence-corrected chi connectivity index (χ4v) is 2.85. The average Bonchev–Trinajstić information content (AvgIpc) is 2.55. The molecule has 0 aromatic heterocycles. The van der Waals surface area contributed by atoms with Crippen molar-refractivity contribution >= 4 is 5.91 Å². The van der Waals surface area contributed by atoms with Gasteiger partial charge in [0.2, 0.25) is 5.91 Å². The molecular formula is C20H26N2O. The lowest BCUT2D eigenvalue weighted by atomic mass is 9.90. The van der Waals surface area contributed by atoms with Crippen LogP contribution in [0.15, 0.2) is 60.7 Å². The Kier molecular flexibility index (Phi) is 6.36. The van der Waals surface area contributed by atoms with Crippen LogP contribution in [0.25, 0.3) is 0 Å². The van der Waals surface area contributed by atoms with Crippen LogP contribution in [0.2, 0.25) is 0 Å². The summed E-state index contributed by atoms with van der Waals surface area (Å²) in [5.74, 6) is 0.220. The number of carbonyl (C=O) groups excluding carboxylic acids is 1. The first kappa shape index (κ1) is 17.2. The molecule has 1 N–H and O–H groups in total. The summed E-state index contributed by atoms with van der Waals surface area (Å²) in [6.07, 6.45) is 0. The van der Waals surface area contributed by atoms with Crippen LogP contribution < -0.4 is 5.32 Å². The highest BCUT2D eigenvalue weighted by atomic mass is 16.1. The van der Waals surface area contributed by atoms with Crippen LogP contribution in [0, 0.1) is 5.92 Å². The zero-order valence-electron chi connectivity index (χ0n) is 14.2. The lowest BCUT2D eigenvalue weighted by molar-refractivity contribution is -0.121. The van der Waals surface area contributed by atoms with Crippen LogP contribution in [0.5, 0.6) is 0 Å². The molecule has 3 nitrogen and oxygen atoms in total. The van der Waals surface area contributed by atoms with E-state index in [-0.39, 0.29) is 11.8 Å². The highest BCUT2D eigenvalue weighted by molar-refractivity contribution is 5.87. The van der Waals surface area contributed by atoms with Crippen molar-refractivity contribution < 1.29 is 4.79 Å². The van der Waals surface area contributed by atoms with Gasteiger partial charge in [-0.2, -0.15) is 0 Å². The first-order valence-electron chi connectivity index (χ1n) is 8.10. The molecule has 23 heavy (non-hydrogen) atoms. The SMILES string of the molecule is C[C@H](CNC(=O)C(c1ccccc1)c1ccccc1)CN(C)C. The highest BCUT2D eigenvalue weighted by Gasteiger charge is 2.22. The van der Waals surface area contributed by atoms with Crippen LogP contribution in [0.4, 0.5) is 0 Å². The molecule has 0 aliphatic heterocycles. The summed E-state index contributed by atoms with van der Waals surface area (Å²) in [4.78, 5) is 15.0. The van der Waals surface area contributed by atoms with Gasteiger partial charge >= 0.3 is 0 Å². The average molecular weight is 310 g/mol. The number of hydrogen-bond acceptors (Lipinski definition) is 2. The number of hydrogen-bond donors (Lipinski definition) is 1. The summed E-state index contributed by atoms with van der Waals surface area (Å²) in [5, 5.41) is 3.12. The maximum atomic E-state index is 12.8. The molecule has 0 saturated heterocycles. The van der Waals surface area contributed by atoms with Crippen molar-refractivity contribution in [2.45, 2.75) is 12.8 Å². The Balaban J connectivity index is 2.13. The molecule has 2 aromatic carbocycles. The molecule has 0 aliphatic rings. The summed E-state index contributed by atoms with van der Waals surface area (Å²) in [7, 11) is 4.10. The molecular weight excluding hydrogens is 284 g/mol. The number of benzene rings is 2. The largest absolute Gasteiger partial charge is 0.355 e. The Morgan fingerprint density at radius 2 is 1.43 bits per heavy atom. The van der Waals surface area contributed by atoms with Crippen LogP contribution in [0.1, 0.15) is 24.0 Å². The monoisotopic (exact) mass is 310 g/mol. The van der Waals surface area contributed by atoms with E-state index in [4.69, 9.17) is 0 Å². The quantitative estimate of drug-likeness (QED) is 0.852. The molecule has 3 heteroatoms. The molecule has 0 bridgehead atoms. The third-order valence-electron chi connectivity index (χ3n) is 3.83. The van der Waals surface area contributed by atoms with Crippen LogP contribution >= 0.6 is 0 Å². The number of rotatable bonds is 7. The molecule has 122 valence electrons. The molecule has 2 aromatic rings. The highest BCUT2D eigenvalue weighted by Crippen LogP contribution is 2.24. The lowest BCUT2D eigenvalue weighted by Gasteiger charge is -2.21. The molecule has 0 fully saturated rings. The Bertz CT molecular complexity index is 556. The van der Waals surface area contributed by atoms with Gasteiger partial charge in [0.25, 0.3) is 0 Å². The normalized spacial score (nSPS) is 12.4. The molecule has 0 radical (unpaired) electrons. The minimum atomic E-state index is -0.260. The zero-order valence-corrected chi connectivity index (χ0v) is 14.2. The number of amides is 1. The van der Waals surface area contributed by atoms with Gasteiger partial charge in [-0.1, -0.05) is 67.6 Å². The first-order chi connectivity index (χ1) is 11.1. The number of nitrogens with zero attached hydrogens (tertiary/aromatic N) is 1. The maximum Gasteiger partial charge on any atom is 0.232 e. The maximum absolute atomic E-state index is 12.8. The lowest BCUT2D eigenvalue weighted by Crippen LogP contribution is -2.36. The van der Waals surface area contributed by atoms with E-state index in [0.717, 1.165) is 17.7 Å². The van der Waals surface area contributed by atoms with Crippen molar-refractivity contribution in [1.29, 1.82) is 0 Å². The standard InChI is InChI=1S/C20H26N2O/c1-16(15-22(2)3)14-21-20(23)19(17-10-6-4-7-11-17)18-12-8-5-9-13-18/h4-13,16,19H,14-15H2,1-3H3,(H,21,23)/t16-/m1/s1. The van der Waals surface area contributed by atoms with Crippen molar-refractivity contribution in [2.75, 3.05) is 27.2 Å². The molecule has 1 atom stereocenters. The molecule has 2 rings (SSSR count). The summed E-state index contributed by atoms with van der Waals surface area (Å²) in [6.45, 7) is 3.80. The predicted octanol–water partition coefficient (Wildman–Crippen LogP) is 3.13. The van der Waals surface area contributed by atoms with Gasteiger partial charge in [0.05, 0.1) is 5.92 Å². The second-order valence-corrected chi connectivity index (χ2v) is 6.37. The van der Waals surface area contributed by atoms with Crippen LogP contribution in [-0.2, 0) is 4.79 Å². The Hall–Kier alpha value is -2.13. The Labute approximate surface area is 139 Å². The topological polar surface area (TPSA) is 32.3 Å². The smallest absolute Gasteiger partial charge is 0.232 e. The minimum Gasteiger partial charge on any atom is -0.355 e. The second-order valence-electron chi connectivity index (χ2n) is 6.37. The van der Waals surface area contributed by atoms with E-state index >= 15 is 0 Å². The van der Waals surface area contributed by atoms with Crippen LogP contribution in [0.3, 0.4) is 0 Å². The predicted molar refractivity (Wildman–Crippen MR) is 95.5 cm³/mol. The van der Waals surface area contributed by atoms with Gasteiger partial charge in [-0.15, -0.1) is 0 Å². The van der Waals surface area contributed by atoms with Gasteiger partial charge < -0.3 is 10.2 Å². The molecule has 1 amide bonds. The van der Waals surface area contributed by atoms with E-state index in [1.165, 1.54) is 0 Å². The van der Waals surface area contributed by atoms with Crippen molar-refractivity contribution in [3.8, 4) is 0 Å². The zero-order chi connectivity index (χ0) is 16.7. The number of nitrogens with one attached hydrogen (secondary N) is 1. The van der Waals surface area contributed by atoms with Gasteiger partial charge in [-0.3, -0.25) is 4.79 Å². The molecule has 0 heterocycles. The van der Waals surface area contributed by atoms with Crippen molar-refractivity contribution in [3.63, 3.8) is 0 Å².